The second kappa shape index (κ2) is 7.61. The van der Waals surface area contributed by atoms with Crippen molar-refractivity contribution in [3.63, 3.8) is 0 Å². The van der Waals surface area contributed by atoms with Gasteiger partial charge >= 0.3 is 0 Å². The molecule has 0 fully saturated rings. The third kappa shape index (κ3) is 3.85. The summed E-state index contributed by atoms with van der Waals surface area (Å²) in [6.07, 6.45) is 14.0. The summed E-state index contributed by atoms with van der Waals surface area (Å²) >= 11 is 4.10. The number of fused-ring (bicyclic) bond motifs is 1. The maximum Gasteiger partial charge on any atom is 0.0258 e. The summed E-state index contributed by atoms with van der Waals surface area (Å²) < 4.78 is 0. The van der Waals surface area contributed by atoms with E-state index in [9.17, 15) is 0 Å². The minimum atomic E-state index is 1.31. The van der Waals surface area contributed by atoms with Crippen LogP contribution < -0.4 is 0 Å². The van der Waals surface area contributed by atoms with E-state index >= 15 is 0 Å². The van der Waals surface area contributed by atoms with Crippen molar-refractivity contribution in [2.45, 2.75) is 74.0 Å². The molecule has 0 spiro atoms. The van der Waals surface area contributed by atoms with Crippen LogP contribution in [0.3, 0.4) is 0 Å². The molecule has 3 rings (SSSR count). The molecule has 1 aromatic carbocycles. The van der Waals surface area contributed by atoms with Gasteiger partial charge in [0.2, 0.25) is 0 Å². The summed E-state index contributed by atoms with van der Waals surface area (Å²) in [5.41, 5.74) is 0. The molecule has 0 radical (unpaired) electrons. The summed E-state index contributed by atoms with van der Waals surface area (Å²) in [7, 11) is 0. The molecule has 0 nitrogen and oxygen atoms in total. The molecule has 0 bridgehead atoms. The first-order valence-corrected chi connectivity index (χ1v) is 9.73. The molecular formula is C18H24S2. The molecule has 20 heavy (non-hydrogen) atoms. The number of allylic oxidation sites excluding steroid dienone is 2. The van der Waals surface area contributed by atoms with Crippen molar-refractivity contribution < 1.29 is 0 Å². The fourth-order valence-electron chi connectivity index (χ4n) is 3.01. The van der Waals surface area contributed by atoms with E-state index < -0.39 is 0 Å². The Bertz CT molecular complexity index is 433. The molecule has 0 atom stereocenters. The second-order valence-corrected chi connectivity index (χ2v) is 8.10. The summed E-state index contributed by atoms with van der Waals surface area (Å²) in [4.78, 5) is 6.30. The molecule has 1 aliphatic heterocycles. The number of hydrogen-bond donors (Lipinski definition) is 0. The normalized spacial score (nSPS) is 21.4. The zero-order valence-corrected chi connectivity index (χ0v) is 13.8. The van der Waals surface area contributed by atoms with E-state index in [0.717, 1.165) is 0 Å². The monoisotopic (exact) mass is 304 g/mol. The van der Waals surface area contributed by atoms with Crippen LogP contribution in [0.2, 0.25) is 0 Å². The van der Waals surface area contributed by atoms with Crippen LogP contribution in [0.15, 0.2) is 43.9 Å². The Morgan fingerprint density at radius 2 is 0.950 bits per heavy atom. The molecule has 0 saturated carbocycles. The average molecular weight is 305 g/mol. The van der Waals surface area contributed by atoms with Crippen LogP contribution in [-0.4, -0.2) is 0 Å². The van der Waals surface area contributed by atoms with E-state index in [2.05, 4.69) is 47.8 Å². The highest BCUT2D eigenvalue weighted by molar-refractivity contribution is 8.09. The lowest BCUT2D eigenvalue weighted by atomic mass is 10.0. The third-order valence-electron chi connectivity index (χ3n) is 4.18. The van der Waals surface area contributed by atoms with E-state index in [1.165, 1.54) is 74.0 Å². The van der Waals surface area contributed by atoms with E-state index in [1.54, 1.807) is 9.81 Å². The Hall–Kier alpha value is -0.340. The van der Waals surface area contributed by atoms with Crippen LogP contribution in [-0.2, 0) is 0 Å². The summed E-state index contributed by atoms with van der Waals surface area (Å²) in [5.74, 6) is 0. The minimum Gasteiger partial charge on any atom is -0.0925 e. The standard InChI is InChI=1S/C18H24S2/c1-2-4-6-8-12-16-15(11-7-5-3-1)19-17-13-9-10-14-18(17)20-16/h9-10,13-14H,1-8,11-12H2. The van der Waals surface area contributed by atoms with Crippen molar-refractivity contribution in [1.29, 1.82) is 0 Å². The van der Waals surface area contributed by atoms with Crippen LogP contribution >= 0.6 is 23.5 Å². The number of rotatable bonds is 0. The van der Waals surface area contributed by atoms with Crippen molar-refractivity contribution in [3.8, 4) is 0 Å². The summed E-state index contributed by atoms with van der Waals surface area (Å²) in [5, 5.41) is 0. The van der Waals surface area contributed by atoms with Crippen molar-refractivity contribution in [1.82, 2.24) is 0 Å². The predicted molar refractivity (Wildman–Crippen MR) is 91.4 cm³/mol. The zero-order valence-electron chi connectivity index (χ0n) is 12.2. The Morgan fingerprint density at radius 3 is 1.40 bits per heavy atom. The number of hydrogen-bond acceptors (Lipinski definition) is 2. The lowest BCUT2D eigenvalue weighted by Crippen LogP contribution is -1.96. The predicted octanol–water partition coefficient (Wildman–Crippen LogP) is 7.01. The fourth-order valence-corrected chi connectivity index (χ4v) is 5.60. The van der Waals surface area contributed by atoms with Crippen molar-refractivity contribution >= 4 is 23.5 Å². The van der Waals surface area contributed by atoms with Crippen molar-refractivity contribution in [2.75, 3.05) is 0 Å². The Labute approximate surface area is 131 Å². The van der Waals surface area contributed by atoms with Gasteiger partial charge in [0.05, 0.1) is 0 Å². The maximum atomic E-state index is 2.28. The van der Waals surface area contributed by atoms with Gasteiger partial charge in [-0.15, -0.1) is 0 Å². The molecule has 0 saturated heterocycles. The zero-order chi connectivity index (χ0) is 13.6. The molecule has 2 heteroatoms. The molecule has 1 aromatic rings. The lowest BCUT2D eigenvalue weighted by molar-refractivity contribution is 0.564. The van der Waals surface area contributed by atoms with Gasteiger partial charge < -0.3 is 0 Å². The Balaban J connectivity index is 1.74. The highest BCUT2D eigenvalue weighted by atomic mass is 32.2. The quantitative estimate of drug-likeness (QED) is 0.505. The molecule has 108 valence electrons. The first-order chi connectivity index (χ1) is 9.93. The van der Waals surface area contributed by atoms with Gasteiger partial charge in [-0.3, -0.25) is 0 Å². The molecule has 0 amide bonds. The fraction of sp³-hybridized carbons (Fsp3) is 0.556. The van der Waals surface area contributed by atoms with Crippen LogP contribution in [0.5, 0.6) is 0 Å². The van der Waals surface area contributed by atoms with Gasteiger partial charge in [0.1, 0.15) is 0 Å². The van der Waals surface area contributed by atoms with E-state index in [1.807, 2.05) is 0 Å². The van der Waals surface area contributed by atoms with E-state index in [0.29, 0.717) is 0 Å². The van der Waals surface area contributed by atoms with Gasteiger partial charge in [-0.1, -0.05) is 74.2 Å². The first-order valence-electron chi connectivity index (χ1n) is 8.10. The average Bonchev–Trinajstić information content (AvgIpc) is 2.47. The van der Waals surface area contributed by atoms with Crippen LogP contribution in [0.1, 0.15) is 64.2 Å². The maximum absolute atomic E-state index is 2.28. The summed E-state index contributed by atoms with van der Waals surface area (Å²) in [6, 6.07) is 8.92. The molecule has 0 N–H and O–H groups in total. The first kappa shape index (κ1) is 14.6. The molecule has 0 unspecified atom stereocenters. The van der Waals surface area contributed by atoms with Crippen molar-refractivity contribution in [3.05, 3.63) is 34.1 Å². The van der Waals surface area contributed by atoms with Gasteiger partial charge in [0.25, 0.3) is 0 Å². The highest BCUT2D eigenvalue weighted by Gasteiger charge is 2.19. The van der Waals surface area contributed by atoms with Crippen LogP contribution in [0, 0.1) is 0 Å². The minimum absolute atomic E-state index is 1.31. The van der Waals surface area contributed by atoms with Crippen molar-refractivity contribution in [2.24, 2.45) is 0 Å². The topological polar surface area (TPSA) is 0 Å². The Kier molecular flexibility index (Phi) is 5.55. The third-order valence-corrected chi connectivity index (χ3v) is 6.99. The highest BCUT2D eigenvalue weighted by Crippen LogP contribution is 2.49. The largest absolute Gasteiger partial charge is 0.0925 e. The Morgan fingerprint density at radius 1 is 0.550 bits per heavy atom. The smallest absolute Gasteiger partial charge is 0.0258 e. The molecule has 1 heterocycles. The number of benzene rings is 1. The number of thioether (sulfide) groups is 2. The molecule has 0 aromatic heterocycles. The SMILES string of the molecule is c1ccc2c(c1)SC1=C(CCCCCCCCCC1)S2. The lowest BCUT2D eigenvalue weighted by Gasteiger charge is -2.22. The van der Waals surface area contributed by atoms with E-state index in [-0.39, 0.29) is 0 Å². The van der Waals surface area contributed by atoms with Gasteiger partial charge in [-0.05, 0) is 47.6 Å². The van der Waals surface area contributed by atoms with Gasteiger partial charge in [0.15, 0.2) is 0 Å². The molecule has 1 aliphatic carbocycles. The van der Waals surface area contributed by atoms with Gasteiger partial charge in [-0.25, -0.2) is 0 Å². The summed E-state index contributed by atoms with van der Waals surface area (Å²) in [6.45, 7) is 0. The van der Waals surface area contributed by atoms with Crippen LogP contribution in [0.4, 0.5) is 0 Å². The second-order valence-electron chi connectivity index (χ2n) is 5.83. The van der Waals surface area contributed by atoms with Crippen LogP contribution in [0.25, 0.3) is 0 Å². The van der Waals surface area contributed by atoms with Gasteiger partial charge in [-0.2, -0.15) is 0 Å². The van der Waals surface area contributed by atoms with Gasteiger partial charge in [0, 0.05) is 9.79 Å². The van der Waals surface area contributed by atoms with E-state index in [4.69, 9.17) is 0 Å². The molecule has 2 aliphatic rings. The molecular weight excluding hydrogens is 280 g/mol.